The van der Waals surface area contributed by atoms with E-state index in [1.54, 1.807) is 0 Å². The van der Waals surface area contributed by atoms with E-state index in [4.69, 9.17) is 8.85 Å². The van der Waals surface area contributed by atoms with Crippen LogP contribution < -0.4 is 4.43 Å². The lowest BCUT2D eigenvalue weighted by Crippen LogP contribution is -2.39. The Morgan fingerprint density at radius 2 is 1.84 bits per heavy atom. The van der Waals surface area contributed by atoms with Gasteiger partial charge in [0.2, 0.25) is 5.88 Å². The molecule has 0 spiro atoms. The molecule has 0 atom stereocenters. The summed E-state index contributed by atoms with van der Waals surface area (Å²) in [7, 11) is -2.10. The smallest absolute Gasteiger partial charge is 0.393 e. The van der Waals surface area contributed by atoms with E-state index >= 15 is 0 Å². The fourth-order valence-electron chi connectivity index (χ4n) is 1.88. The van der Waals surface area contributed by atoms with Crippen molar-refractivity contribution < 1.29 is 8.85 Å². The van der Waals surface area contributed by atoms with Crippen molar-refractivity contribution in [3.8, 4) is 5.88 Å². The summed E-state index contributed by atoms with van der Waals surface area (Å²) in [6.07, 6.45) is 6.29. The highest BCUT2D eigenvalue weighted by atomic mass is 28.4. The molecule has 3 nitrogen and oxygen atoms in total. The van der Waals surface area contributed by atoms with E-state index in [1.807, 2.05) is 25.1 Å². The van der Waals surface area contributed by atoms with E-state index in [2.05, 4.69) is 25.0 Å². The maximum Gasteiger partial charge on any atom is 0.393 e. The van der Waals surface area contributed by atoms with Gasteiger partial charge in [-0.25, -0.2) is 4.98 Å². The third kappa shape index (κ3) is 7.33. The third-order valence-corrected chi connectivity index (χ3v) is 4.51. The number of rotatable bonds is 9. The second-order valence-electron chi connectivity index (χ2n) is 5.38. The van der Waals surface area contributed by atoms with Gasteiger partial charge in [-0.05, 0) is 38.6 Å². The summed E-state index contributed by atoms with van der Waals surface area (Å²) in [5, 5.41) is 0. The predicted molar refractivity (Wildman–Crippen MR) is 81.8 cm³/mol. The van der Waals surface area contributed by atoms with Crippen LogP contribution in [0.15, 0.2) is 18.2 Å². The first-order valence-corrected chi connectivity index (χ1v) is 10.1. The zero-order chi connectivity index (χ0) is 14.1. The summed E-state index contributed by atoms with van der Waals surface area (Å²) in [4.78, 5) is 4.36. The van der Waals surface area contributed by atoms with Gasteiger partial charge < -0.3 is 8.85 Å². The lowest BCUT2D eigenvalue weighted by atomic mass is 10.2. The van der Waals surface area contributed by atoms with Gasteiger partial charge in [0, 0.05) is 12.3 Å². The minimum Gasteiger partial charge on any atom is -0.506 e. The third-order valence-electron chi connectivity index (χ3n) is 2.91. The van der Waals surface area contributed by atoms with Crippen molar-refractivity contribution in [1.29, 1.82) is 0 Å². The van der Waals surface area contributed by atoms with Crippen molar-refractivity contribution in [2.75, 3.05) is 6.61 Å². The van der Waals surface area contributed by atoms with Crippen LogP contribution in [-0.2, 0) is 4.43 Å². The van der Waals surface area contributed by atoms with Crippen LogP contribution in [0.5, 0.6) is 5.88 Å². The van der Waals surface area contributed by atoms with Crippen molar-refractivity contribution in [2.24, 2.45) is 0 Å². The standard InChI is InChI=1S/C15H27NO2Si/c1-5-6-7-8-9-13-17-19(3,4)18-15-12-10-11-14(2)16-15/h10-12H,5-9,13H2,1-4H3. The summed E-state index contributed by atoms with van der Waals surface area (Å²) < 4.78 is 11.8. The summed E-state index contributed by atoms with van der Waals surface area (Å²) in [5.41, 5.74) is 0.974. The van der Waals surface area contributed by atoms with Crippen molar-refractivity contribution in [3.63, 3.8) is 0 Å². The Hall–Kier alpha value is -0.873. The Morgan fingerprint density at radius 3 is 2.53 bits per heavy atom. The van der Waals surface area contributed by atoms with E-state index in [0.717, 1.165) is 18.7 Å². The van der Waals surface area contributed by atoms with Crippen LogP contribution in [0.4, 0.5) is 0 Å². The van der Waals surface area contributed by atoms with E-state index < -0.39 is 8.56 Å². The first kappa shape index (κ1) is 16.2. The zero-order valence-electron chi connectivity index (χ0n) is 12.7. The maximum absolute atomic E-state index is 5.93. The molecule has 0 bridgehead atoms. The number of pyridine rings is 1. The van der Waals surface area contributed by atoms with Crippen LogP contribution in [-0.4, -0.2) is 20.2 Å². The van der Waals surface area contributed by atoms with Crippen molar-refractivity contribution in [1.82, 2.24) is 4.98 Å². The molecule has 0 fully saturated rings. The van der Waals surface area contributed by atoms with Crippen LogP contribution in [0.3, 0.4) is 0 Å². The molecule has 0 aliphatic heterocycles. The SMILES string of the molecule is CCCCCCCO[Si](C)(C)Oc1cccc(C)n1. The summed E-state index contributed by atoms with van der Waals surface area (Å²) >= 11 is 0. The molecule has 0 N–H and O–H groups in total. The topological polar surface area (TPSA) is 31.4 Å². The van der Waals surface area contributed by atoms with Crippen molar-refractivity contribution in [2.45, 2.75) is 59.0 Å². The van der Waals surface area contributed by atoms with Crippen LogP contribution >= 0.6 is 0 Å². The van der Waals surface area contributed by atoms with E-state index in [1.165, 1.54) is 25.7 Å². The van der Waals surface area contributed by atoms with Gasteiger partial charge in [-0.2, -0.15) is 0 Å². The highest BCUT2D eigenvalue weighted by molar-refractivity contribution is 6.65. The number of unbranched alkanes of at least 4 members (excludes halogenated alkanes) is 4. The van der Waals surface area contributed by atoms with Crippen molar-refractivity contribution >= 4 is 8.56 Å². The monoisotopic (exact) mass is 281 g/mol. The first-order valence-electron chi connectivity index (χ1n) is 7.30. The molecule has 1 aromatic heterocycles. The van der Waals surface area contributed by atoms with Gasteiger partial charge in [-0.3, -0.25) is 0 Å². The average molecular weight is 281 g/mol. The minimum absolute atomic E-state index is 0.683. The molecular formula is C15H27NO2Si. The van der Waals surface area contributed by atoms with Crippen LogP contribution in [0, 0.1) is 6.92 Å². The van der Waals surface area contributed by atoms with Crippen molar-refractivity contribution in [3.05, 3.63) is 23.9 Å². The zero-order valence-corrected chi connectivity index (χ0v) is 13.7. The Labute approximate surface area is 118 Å². The van der Waals surface area contributed by atoms with Crippen LogP contribution in [0.2, 0.25) is 13.1 Å². The average Bonchev–Trinajstić information content (AvgIpc) is 2.33. The molecule has 1 aromatic rings. The molecule has 4 heteroatoms. The number of nitrogens with zero attached hydrogens (tertiary/aromatic N) is 1. The summed E-state index contributed by atoms with van der Waals surface area (Å²) in [6.45, 7) is 9.14. The van der Waals surface area contributed by atoms with Gasteiger partial charge >= 0.3 is 8.56 Å². The molecule has 1 rings (SSSR count). The number of hydrogen-bond donors (Lipinski definition) is 0. The normalized spacial score (nSPS) is 11.6. The van der Waals surface area contributed by atoms with Crippen LogP contribution in [0.25, 0.3) is 0 Å². The van der Waals surface area contributed by atoms with E-state index in [0.29, 0.717) is 5.88 Å². The Morgan fingerprint density at radius 1 is 1.11 bits per heavy atom. The Balaban J connectivity index is 2.27. The quantitative estimate of drug-likeness (QED) is 0.495. The highest BCUT2D eigenvalue weighted by Gasteiger charge is 2.27. The van der Waals surface area contributed by atoms with Gasteiger partial charge in [0.1, 0.15) is 0 Å². The molecule has 0 saturated heterocycles. The molecular weight excluding hydrogens is 254 g/mol. The van der Waals surface area contributed by atoms with Gasteiger partial charge in [0.15, 0.2) is 0 Å². The van der Waals surface area contributed by atoms with Gasteiger partial charge in [0.05, 0.1) is 0 Å². The lowest BCUT2D eigenvalue weighted by Gasteiger charge is -2.23. The fraction of sp³-hybridized carbons (Fsp3) is 0.667. The fourth-order valence-corrected chi connectivity index (χ4v) is 3.19. The second kappa shape index (κ2) is 8.33. The Kier molecular flexibility index (Phi) is 7.09. The molecule has 0 aliphatic carbocycles. The first-order chi connectivity index (χ1) is 9.03. The van der Waals surface area contributed by atoms with Gasteiger partial charge in [-0.1, -0.05) is 38.7 Å². The van der Waals surface area contributed by atoms with E-state index in [9.17, 15) is 0 Å². The van der Waals surface area contributed by atoms with Gasteiger partial charge in [-0.15, -0.1) is 0 Å². The second-order valence-corrected chi connectivity index (χ2v) is 8.67. The summed E-state index contributed by atoms with van der Waals surface area (Å²) in [5.74, 6) is 0.683. The van der Waals surface area contributed by atoms with Gasteiger partial charge in [0.25, 0.3) is 0 Å². The number of hydrogen-bond acceptors (Lipinski definition) is 3. The Bertz CT molecular complexity index is 369. The molecule has 0 radical (unpaired) electrons. The molecule has 0 saturated carbocycles. The predicted octanol–water partition coefficient (Wildman–Crippen LogP) is 4.46. The molecule has 19 heavy (non-hydrogen) atoms. The van der Waals surface area contributed by atoms with E-state index in [-0.39, 0.29) is 0 Å². The lowest BCUT2D eigenvalue weighted by molar-refractivity contribution is 0.238. The molecule has 108 valence electrons. The molecule has 0 aromatic carbocycles. The highest BCUT2D eigenvalue weighted by Crippen LogP contribution is 2.15. The van der Waals surface area contributed by atoms with Crippen LogP contribution in [0.1, 0.15) is 44.7 Å². The summed E-state index contributed by atoms with van der Waals surface area (Å²) in [6, 6.07) is 5.83. The molecule has 0 unspecified atom stereocenters. The number of aryl methyl sites for hydroxylation is 1. The maximum atomic E-state index is 5.93. The number of aromatic nitrogens is 1. The molecule has 1 heterocycles. The minimum atomic E-state index is -2.10. The largest absolute Gasteiger partial charge is 0.506 e. The molecule has 0 aliphatic rings. The molecule has 0 amide bonds.